The molecule has 33 heavy (non-hydrogen) atoms. The van der Waals surface area contributed by atoms with Gasteiger partial charge in [-0.1, -0.05) is 11.8 Å². The molecule has 5 rings (SSSR count). The third-order valence-electron chi connectivity index (χ3n) is 5.96. The number of hydrogen-bond acceptors (Lipinski definition) is 8. The zero-order valence-corrected chi connectivity index (χ0v) is 18.8. The van der Waals surface area contributed by atoms with Crippen LogP contribution in [0, 0.1) is 10.1 Å². The molecule has 10 nitrogen and oxygen atoms in total. The van der Waals surface area contributed by atoms with Gasteiger partial charge in [-0.3, -0.25) is 19.5 Å². The van der Waals surface area contributed by atoms with Gasteiger partial charge in [0.15, 0.2) is 5.16 Å². The van der Waals surface area contributed by atoms with E-state index in [1.807, 2.05) is 17.0 Å². The molecule has 1 amide bonds. The van der Waals surface area contributed by atoms with Gasteiger partial charge < -0.3 is 14.2 Å². The summed E-state index contributed by atoms with van der Waals surface area (Å²) in [7, 11) is 0. The molecule has 11 heteroatoms. The lowest BCUT2D eigenvalue weighted by atomic mass is 10.2. The second-order valence-corrected chi connectivity index (χ2v) is 9.15. The molecule has 1 saturated heterocycles. The summed E-state index contributed by atoms with van der Waals surface area (Å²) in [6.07, 6.45) is 3.90. The van der Waals surface area contributed by atoms with Crippen LogP contribution < -0.4 is 4.90 Å². The molecule has 2 aromatic heterocycles. The Morgan fingerprint density at radius 2 is 1.88 bits per heavy atom. The van der Waals surface area contributed by atoms with Crippen molar-refractivity contribution in [2.45, 2.75) is 30.5 Å². The number of nitro benzene ring substituents is 1. The van der Waals surface area contributed by atoms with Gasteiger partial charge >= 0.3 is 0 Å². The minimum atomic E-state index is -0.402. The molecule has 0 radical (unpaired) electrons. The number of nitro groups is 1. The van der Waals surface area contributed by atoms with E-state index < -0.39 is 4.92 Å². The van der Waals surface area contributed by atoms with E-state index >= 15 is 0 Å². The first kappa shape index (κ1) is 21.5. The van der Waals surface area contributed by atoms with Crippen LogP contribution in [0.4, 0.5) is 11.4 Å². The molecule has 172 valence electrons. The molecular formula is C22H24N6O4S. The summed E-state index contributed by atoms with van der Waals surface area (Å²) in [5.41, 5.74) is 1.01. The smallest absolute Gasteiger partial charge is 0.269 e. The highest BCUT2D eigenvalue weighted by Gasteiger charge is 2.31. The topological polar surface area (TPSA) is 111 Å². The Morgan fingerprint density at radius 1 is 1.12 bits per heavy atom. The number of furan rings is 1. The SMILES string of the molecule is O=C(CSc1nnc(C2CC2)n1Cc1ccco1)N1CCN(c2ccc([N+](=O)[O-])cc2)CC1. The van der Waals surface area contributed by atoms with Gasteiger partial charge in [0, 0.05) is 49.9 Å². The number of aromatic nitrogens is 3. The largest absolute Gasteiger partial charge is 0.467 e. The average molecular weight is 469 g/mol. The first-order chi connectivity index (χ1) is 16.1. The van der Waals surface area contributed by atoms with E-state index in [0.717, 1.165) is 35.3 Å². The van der Waals surface area contributed by atoms with Crippen molar-refractivity contribution in [1.29, 1.82) is 0 Å². The van der Waals surface area contributed by atoms with Crippen LogP contribution in [0.2, 0.25) is 0 Å². The molecule has 0 spiro atoms. The van der Waals surface area contributed by atoms with Crippen LogP contribution in [0.25, 0.3) is 0 Å². The Balaban J connectivity index is 1.16. The first-order valence-corrected chi connectivity index (χ1v) is 11.9. The second kappa shape index (κ2) is 9.26. The maximum Gasteiger partial charge on any atom is 0.269 e. The fourth-order valence-electron chi connectivity index (χ4n) is 3.97. The second-order valence-electron chi connectivity index (χ2n) is 8.21. The Labute approximate surface area is 194 Å². The van der Waals surface area contributed by atoms with Crippen molar-refractivity contribution in [3.8, 4) is 0 Å². The number of thioether (sulfide) groups is 1. The molecule has 0 N–H and O–H groups in total. The summed E-state index contributed by atoms with van der Waals surface area (Å²) < 4.78 is 7.57. The highest BCUT2D eigenvalue weighted by molar-refractivity contribution is 7.99. The summed E-state index contributed by atoms with van der Waals surface area (Å²) >= 11 is 1.42. The highest BCUT2D eigenvalue weighted by Crippen LogP contribution is 2.40. The number of anilines is 1. The highest BCUT2D eigenvalue weighted by atomic mass is 32.2. The quantitative estimate of drug-likeness (QED) is 0.282. The molecule has 2 fully saturated rings. The molecule has 1 saturated carbocycles. The van der Waals surface area contributed by atoms with Gasteiger partial charge in [-0.15, -0.1) is 10.2 Å². The molecule has 1 aliphatic heterocycles. The number of nitrogens with zero attached hydrogens (tertiary/aromatic N) is 6. The van der Waals surface area contributed by atoms with Gasteiger partial charge in [0.25, 0.3) is 5.69 Å². The zero-order chi connectivity index (χ0) is 22.8. The van der Waals surface area contributed by atoms with Crippen molar-refractivity contribution in [2.75, 3.05) is 36.8 Å². The number of rotatable bonds is 8. The molecule has 2 aliphatic rings. The number of piperazine rings is 1. The Kier molecular flexibility index (Phi) is 6.03. The number of hydrogen-bond donors (Lipinski definition) is 0. The molecule has 1 aromatic carbocycles. The molecule has 0 unspecified atom stereocenters. The average Bonchev–Trinajstić information content (AvgIpc) is 3.40. The van der Waals surface area contributed by atoms with Crippen LogP contribution in [0.1, 0.15) is 30.3 Å². The maximum absolute atomic E-state index is 12.9. The first-order valence-electron chi connectivity index (χ1n) is 10.9. The van der Waals surface area contributed by atoms with Crippen molar-refractivity contribution < 1.29 is 14.1 Å². The van der Waals surface area contributed by atoms with E-state index in [-0.39, 0.29) is 11.6 Å². The maximum atomic E-state index is 12.9. The lowest BCUT2D eigenvalue weighted by Gasteiger charge is -2.36. The van der Waals surface area contributed by atoms with E-state index in [0.29, 0.717) is 44.4 Å². The minimum absolute atomic E-state index is 0.0730. The van der Waals surface area contributed by atoms with E-state index in [2.05, 4.69) is 19.7 Å². The van der Waals surface area contributed by atoms with Crippen molar-refractivity contribution >= 4 is 29.0 Å². The van der Waals surface area contributed by atoms with Crippen LogP contribution in [0.3, 0.4) is 0 Å². The fraction of sp³-hybridized carbons (Fsp3) is 0.409. The summed E-state index contributed by atoms with van der Waals surface area (Å²) in [5.74, 6) is 2.64. The number of carbonyl (C=O) groups is 1. The lowest BCUT2D eigenvalue weighted by molar-refractivity contribution is -0.384. The Hall–Kier alpha value is -3.34. The third kappa shape index (κ3) is 4.87. The normalized spacial score (nSPS) is 16.2. The monoisotopic (exact) mass is 468 g/mol. The molecule has 0 bridgehead atoms. The molecule has 0 atom stereocenters. The van der Waals surface area contributed by atoms with Gasteiger partial charge in [0.05, 0.1) is 23.5 Å². The van der Waals surface area contributed by atoms with Crippen molar-refractivity contribution in [3.63, 3.8) is 0 Å². The molecule has 3 aromatic rings. The summed E-state index contributed by atoms with van der Waals surface area (Å²) in [5, 5.41) is 20.3. The number of carbonyl (C=O) groups excluding carboxylic acids is 1. The number of non-ortho nitro benzene ring substituents is 1. The molecule has 3 heterocycles. The van der Waals surface area contributed by atoms with Gasteiger partial charge in [0.1, 0.15) is 11.6 Å². The lowest BCUT2D eigenvalue weighted by Crippen LogP contribution is -2.49. The van der Waals surface area contributed by atoms with Crippen molar-refractivity contribution in [2.24, 2.45) is 0 Å². The van der Waals surface area contributed by atoms with Crippen LogP contribution in [-0.4, -0.2) is 62.4 Å². The van der Waals surface area contributed by atoms with E-state index in [1.54, 1.807) is 18.4 Å². The van der Waals surface area contributed by atoms with Gasteiger partial charge in [-0.25, -0.2) is 0 Å². The van der Waals surface area contributed by atoms with Crippen LogP contribution >= 0.6 is 11.8 Å². The summed E-state index contributed by atoms with van der Waals surface area (Å²) in [6, 6.07) is 10.3. The predicted octanol–water partition coefficient (Wildman–Crippen LogP) is 3.15. The van der Waals surface area contributed by atoms with Crippen molar-refractivity contribution in [3.05, 3.63) is 64.4 Å². The molecule has 1 aliphatic carbocycles. The Morgan fingerprint density at radius 3 is 2.52 bits per heavy atom. The van der Waals surface area contributed by atoms with E-state index in [4.69, 9.17) is 4.42 Å². The zero-order valence-electron chi connectivity index (χ0n) is 18.0. The third-order valence-corrected chi connectivity index (χ3v) is 6.92. The van der Waals surface area contributed by atoms with E-state index in [1.165, 1.54) is 23.9 Å². The molecular weight excluding hydrogens is 444 g/mol. The Bertz CT molecular complexity index is 1120. The van der Waals surface area contributed by atoms with Gasteiger partial charge in [-0.2, -0.15) is 0 Å². The summed E-state index contributed by atoms with van der Waals surface area (Å²) in [6.45, 7) is 3.17. The van der Waals surface area contributed by atoms with Crippen molar-refractivity contribution in [1.82, 2.24) is 19.7 Å². The van der Waals surface area contributed by atoms with E-state index in [9.17, 15) is 14.9 Å². The van der Waals surface area contributed by atoms with Crippen LogP contribution in [0.5, 0.6) is 0 Å². The standard InChI is InChI=1S/C22H24N6O4S/c29-20(26-11-9-25(10-12-26)17-5-7-18(8-6-17)28(30)31)15-33-22-24-23-21(16-3-4-16)27(22)14-19-2-1-13-32-19/h1-2,5-8,13,16H,3-4,9-12,14-15H2. The number of benzene rings is 1. The number of amides is 1. The van der Waals surface area contributed by atoms with Gasteiger partial charge in [0.2, 0.25) is 5.91 Å². The fourth-order valence-corrected chi connectivity index (χ4v) is 4.82. The minimum Gasteiger partial charge on any atom is -0.467 e. The van der Waals surface area contributed by atoms with Crippen LogP contribution in [0.15, 0.2) is 52.2 Å². The van der Waals surface area contributed by atoms with Gasteiger partial charge in [-0.05, 0) is 37.1 Å². The summed E-state index contributed by atoms with van der Waals surface area (Å²) in [4.78, 5) is 27.3. The predicted molar refractivity (Wildman–Crippen MR) is 122 cm³/mol. The van der Waals surface area contributed by atoms with Crippen LogP contribution in [-0.2, 0) is 11.3 Å².